The number of fused-ring (bicyclic) bond motifs is 2. The summed E-state index contributed by atoms with van der Waals surface area (Å²) in [6.07, 6.45) is 2.98. The lowest BCUT2D eigenvalue weighted by molar-refractivity contribution is 0.0893. The Morgan fingerprint density at radius 2 is 2.16 bits per heavy atom. The number of rotatable bonds is 5. The predicted octanol–water partition coefficient (Wildman–Crippen LogP) is 2.92. The first kappa shape index (κ1) is 20.2. The predicted molar refractivity (Wildman–Crippen MR) is 119 cm³/mol. The Kier molecular flexibility index (Phi) is 5.70. The number of hydrogen-bond donors (Lipinski definition) is 1. The minimum Gasteiger partial charge on any atom is -0.376 e. The zero-order chi connectivity index (χ0) is 21.2. The molecule has 1 aromatic carbocycles. The van der Waals surface area contributed by atoms with Crippen LogP contribution in [0.3, 0.4) is 0 Å². The minimum absolute atomic E-state index is 0.0985. The van der Waals surface area contributed by atoms with Crippen molar-refractivity contribution in [2.45, 2.75) is 51.9 Å². The van der Waals surface area contributed by atoms with Gasteiger partial charge in [0.25, 0.3) is 5.91 Å². The highest BCUT2D eigenvalue weighted by molar-refractivity contribution is 5.95. The maximum absolute atomic E-state index is 12.8. The number of hydrogen-bond acceptors (Lipinski definition) is 5. The third-order valence-corrected chi connectivity index (χ3v) is 6.32. The van der Waals surface area contributed by atoms with Gasteiger partial charge in [0.05, 0.1) is 24.4 Å². The molecule has 2 aliphatic heterocycles. The van der Waals surface area contributed by atoms with Crippen molar-refractivity contribution in [1.29, 1.82) is 0 Å². The molecule has 0 radical (unpaired) electrons. The molecule has 1 fully saturated rings. The quantitative estimate of drug-likeness (QED) is 0.689. The van der Waals surface area contributed by atoms with Crippen LogP contribution in [-0.4, -0.2) is 51.3 Å². The lowest BCUT2D eigenvalue weighted by atomic mass is 10.0. The molecule has 0 aliphatic carbocycles. The van der Waals surface area contributed by atoms with E-state index in [0.717, 1.165) is 68.6 Å². The molecule has 3 aromatic rings. The third kappa shape index (κ3) is 4.20. The second-order valence-corrected chi connectivity index (χ2v) is 8.43. The number of pyridine rings is 1. The van der Waals surface area contributed by atoms with E-state index in [9.17, 15) is 4.79 Å². The normalized spacial score (nSPS) is 19.3. The van der Waals surface area contributed by atoms with Crippen molar-refractivity contribution in [2.75, 3.05) is 19.7 Å². The zero-order valence-electron chi connectivity index (χ0n) is 18.0. The van der Waals surface area contributed by atoms with Gasteiger partial charge in [0.2, 0.25) is 0 Å². The molecule has 1 amide bonds. The van der Waals surface area contributed by atoms with Crippen LogP contribution in [0.1, 0.15) is 47.2 Å². The number of likely N-dealkylation sites (tertiary alicyclic amines) is 1. The van der Waals surface area contributed by atoms with Crippen molar-refractivity contribution in [2.24, 2.45) is 0 Å². The summed E-state index contributed by atoms with van der Waals surface area (Å²) in [5, 5.41) is 9.11. The summed E-state index contributed by atoms with van der Waals surface area (Å²) in [6.45, 7) is 7.12. The van der Waals surface area contributed by atoms with Gasteiger partial charge in [-0.15, -0.1) is 0 Å². The fraction of sp³-hybridized carbons (Fsp3) is 0.458. The Labute approximate surface area is 182 Å². The van der Waals surface area contributed by atoms with Crippen molar-refractivity contribution >= 4 is 16.8 Å². The van der Waals surface area contributed by atoms with Crippen molar-refractivity contribution < 1.29 is 9.53 Å². The standard InChI is InChI=1S/C24H29N5O2/c1-2-29-23-11-13-31-16-19(23)22(27-29)15-28-12-5-7-18(14-28)25-24(30)21-10-9-17-6-3-4-8-20(17)26-21/h3-4,6,8-10,18H,2,5,7,11-16H2,1H3,(H,25,30). The van der Waals surface area contributed by atoms with E-state index < -0.39 is 0 Å². The molecule has 0 spiro atoms. The van der Waals surface area contributed by atoms with Crippen molar-refractivity contribution in [1.82, 2.24) is 25.0 Å². The van der Waals surface area contributed by atoms with Crippen LogP contribution in [0.4, 0.5) is 0 Å². The van der Waals surface area contributed by atoms with E-state index in [-0.39, 0.29) is 11.9 Å². The van der Waals surface area contributed by atoms with Gasteiger partial charge in [-0.05, 0) is 38.4 Å². The van der Waals surface area contributed by atoms with Crippen LogP contribution < -0.4 is 5.32 Å². The number of carbonyl (C=O) groups is 1. The number of carbonyl (C=O) groups excluding carboxylic acids is 1. The number of aryl methyl sites for hydroxylation is 1. The molecule has 7 heteroatoms. The van der Waals surface area contributed by atoms with E-state index in [2.05, 4.69) is 26.8 Å². The van der Waals surface area contributed by atoms with Crippen molar-refractivity contribution in [3.8, 4) is 0 Å². The molecular formula is C24H29N5O2. The highest BCUT2D eigenvalue weighted by atomic mass is 16.5. The number of benzene rings is 1. The van der Waals surface area contributed by atoms with E-state index in [1.54, 1.807) is 0 Å². The molecule has 0 bridgehead atoms. The van der Waals surface area contributed by atoms with Crippen LogP contribution in [0.5, 0.6) is 0 Å². The Hall–Kier alpha value is -2.77. The topological polar surface area (TPSA) is 72.3 Å². The van der Waals surface area contributed by atoms with Crippen LogP contribution in [-0.2, 0) is 30.9 Å². The highest BCUT2D eigenvalue weighted by Gasteiger charge is 2.26. The van der Waals surface area contributed by atoms with E-state index in [1.807, 2.05) is 36.4 Å². The average Bonchev–Trinajstić information content (AvgIpc) is 3.16. The number of aromatic nitrogens is 3. The molecule has 1 unspecified atom stereocenters. The summed E-state index contributed by atoms with van der Waals surface area (Å²) in [5.74, 6) is -0.0985. The van der Waals surface area contributed by atoms with Crippen LogP contribution >= 0.6 is 0 Å². The fourth-order valence-corrected chi connectivity index (χ4v) is 4.75. The molecule has 5 rings (SSSR count). The Morgan fingerprint density at radius 3 is 3.06 bits per heavy atom. The van der Waals surface area contributed by atoms with E-state index in [0.29, 0.717) is 12.3 Å². The molecule has 162 valence electrons. The van der Waals surface area contributed by atoms with Gasteiger partial charge < -0.3 is 10.1 Å². The maximum Gasteiger partial charge on any atom is 0.270 e. The first-order chi connectivity index (χ1) is 15.2. The van der Waals surface area contributed by atoms with Gasteiger partial charge in [0.15, 0.2) is 0 Å². The monoisotopic (exact) mass is 419 g/mol. The first-order valence-electron chi connectivity index (χ1n) is 11.3. The largest absolute Gasteiger partial charge is 0.376 e. The van der Waals surface area contributed by atoms with Crippen LogP contribution in [0, 0.1) is 0 Å². The van der Waals surface area contributed by atoms with E-state index >= 15 is 0 Å². The number of nitrogens with one attached hydrogen (secondary N) is 1. The van der Waals surface area contributed by atoms with Crippen LogP contribution in [0.15, 0.2) is 36.4 Å². The van der Waals surface area contributed by atoms with Gasteiger partial charge >= 0.3 is 0 Å². The van der Waals surface area contributed by atoms with Gasteiger partial charge in [-0.3, -0.25) is 14.4 Å². The van der Waals surface area contributed by atoms with Gasteiger partial charge in [0.1, 0.15) is 5.69 Å². The summed E-state index contributed by atoms with van der Waals surface area (Å²) in [4.78, 5) is 19.8. The molecule has 7 nitrogen and oxygen atoms in total. The molecule has 1 N–H and O–H groups in total. The first-order valence-corrected chi connectivity index (χ1v) is 11.3. The summed E-state index contributed by atoms with van der Waals surface area (Å²) < 4.78 is 7.83. The Morgan fingerprint density at radius 1 is 1.26 bits per heavy atom. The van der Waals surface area contributed by atoms with E-state index in [4.69, 9.17) is 9.84 Å². The van der Waals surface area contributed by atoms with Crippen LogP contribution in [0.2, 0.25) is 0 Å². The number of nitrogens with zero attached hydrogens (tertiary/aromatic N) is 4. The zero-order valence-corrected chi connectivity index (χ0v) is 18.0. The maximum atomic E-state index is 12.8. The lowest BCUT2D eigenvalue weighted by Gasteiger charge is -2.32. The molecule has 0 saturated carbocycles. The Bertz CT molecular complexity index is 1090. The SMILES string of the molecule is CCn1nc(CN2CCCC(NC(=O)c3ccc4ccccc4n3)C2)c2c1CCOC2. The second kappa shape index (κ2) is 8.77. The molecule has 1 atom stereocenters. The van der Waals surface area contributed by atoms with E-state index in [1.165, 1.54) is 11.3 Å². The van der Waals surface area contributed by atoms with Crippen molar-refractivity contribution in [3.05, 3.63) is 59.0 Å². The van der Waals surface area contributed by atoms with Crippen LogP contribution in [0.25, 0.3) is 10.9 Å². The molecule has 2 aromatic heterocycles. The summed E-state index contributed by atoms with van der Waals surface area (Å²) >= 11 is 0. The Balaban J connectivity index is 1.25. The van der Waals surface area contributed by atoms with Gasteiger partial charge in [-0.25, -0.2) is 4.98 Å². The lowest BCUT2D eigenvalue weighted by Crippen LogP contribution is -2.47. The summed E-state index contributed by atoms with van der Waals surface area (Å²) in [6, 6.07) is 11.8. The summed E-state index contributed by atoms with van der Waals surface area (Å²) in [7, 11) is 0. The third-order valence-electron chi connectivity index (χ3n) is 6.32. The van der Waals surface area contributed by atoms with Gasteiger partial charge in [-0.1, -0.05) is 24.3 Å². The number of para-hydroxylation sites is 1. The minimum atomic E-state index is -0.0985. The van der Waals surface area contributed by atoms with Gasteiger partial charge in [0, 0.05) is 48.7 Å². The number of ether oxygens (including phenoxy) is 1. The van der Waals surface area contributed by atoms with Crippen molar-refractivity contribution in [3.63, 3.8) is 0 Å². The molecule has 31 heavy (non-hydrogen) atoms. The fourth-order valence-electron chi connectivity index (χ4n) is 4.75. The molecule has 2 aliphatic rings. The highest BCUT2D eigenvalue weighted by Crippen LogP contribution is 2.23. The molecule has 4 heterocycles. The summed E-state index contributed by atoms with van der Waals surface area (Å²) in [5.41, 5.74) is 5.04. The molecule has 1 saturated heterocycles. The smallest absolute Gasteiger partial charge is 0.270 e. The second-order valence-electron chi connectivity index (χ2n) is 8.43. The number of piperidine rings is 1. The van der Waals surface area contributed by atoms with Gasteiger partial charge in [-0.2, -0.15) is 5.10 Å². The number of amides is 1. The molecular weight excluding hydrogens is 390 g/mol. The average molecular weight is 420 g/mol.